The highest BCUT2D eigenvalue weighted by Gasteiger charge is 2.61. The molecule has 3 unspecified atom stereocenters. The summed E-state index contributed by atoms with van der Waals surface area (Å²) in [5.41, 5.74) is 0.295. The largest absolute Gasteiger partial charge is 0.372 e. The summed E-state index contributed by atoms with van der Waals surface area (Å²) in [6.07, 6.45) is 6.01. The van der Waals surface area contributed by atoms with Crippen LogP contribution in [0.4, 0.5) is 5.82 Å². The summed E-state index contributed by atoms with van der Waals surface area (Å²) in [6, 6.07) is 4.96. The van der Waals surface area contributed by atoms with E-state index in [4.69, 9.17) is 4.52 Å². The number of amides is 1. The van der Waals surface area contributed by atoms with Gasteiger partial charge in [0.2, 0.25) is 9.84 Å². The molecule has 31 heavy (non-hydrogen) atoms. The first kappa shape index (κ1) is 20.4. The first-order valence-electron chi connectivity index (χ1n) is 10.7. The van der Waals surface area contributed by atoms with Gasteiger partial charge in [-0.1, -0.05) is 5.16 Å². The van der Waals surface area contributed by atoms with Gasteiger partial charge in [0.05, 0.1) is 0 Å². The third-order valence-electron chi connectivity index (χ3n) is 7.06. The van der Waals surface area contributed by atoms with E-state index < -0.39 is 14.7 Å². The average Bonchev–Trinajstić information content (AvgIpc) is 3.56. The van der Waals surface area contributed by atoms with Crippen molar-refractivity contribution in [1.29, 1.82) is 0 Å². The van der Waals surface area contributed by atoms with Crippen molar-refractivity contribution >= 4 is 21.6 Å². The van der Waals surface area contributed by atoms with Gasteiger partial charge >= 0.3 is 0 Å². The fourth-order valence-electron chi connectivity index (χ4n) is 5.02. The van der Waals surface area contributed by atoms with Crippen LogP contribution in [0.15, 0.2) is 33.8 Å². The van der Waals surface area contributed by atoms with Gasteiger partial charge in [-0.2, -0.15) is 0 Å². The molecule has 6 rings (SSSR count). The van der Waals surface area contributed by atoms with Crippen LogP contribution in [0.2, 0.25) is 0 Å². The minimum absolute atomic E-state index is 0.0941. The van der Waals surface area contributed by atoms with Gasteiger partial charge in [0.25, 0.3) is 5.91 Å². The molecule has 2 aromatic rings. The molecule has 1 amide bonds. The smallest absolute Gasteiger partial charge is 0.273 e. The molecule has 0 aromatic carbocycles. The number of carbonyl (C=O) groups excluding carboxylic acids is 1. The van der Waals surface area contributed by atoms with Crippen molar-refractivity contribution in [3.63, 3.8) is 0 Å². The first-order chi connectivity index (χ1) is 14.9. The van der Waals surface area contributed by atoms with E-state index in [9.17, 15) is 13.2 Å². The van der Waals surface area contributed by atoms with E-state index in [1.54, 1.807) is 31.4 Å². The second-order valence-corrected chi connectivity index (χ2v) is 11.1. The van der Waals surface area contributed by atoms with Gasteiger partial charge in [-0.3, -0.25) is 9.69 Å². The number of nitrogens with one attached hydrogen (secondary N) is 2. The quantitative estimate of drug-likeness (QED) is 0.695. The zero-order valence-electron chi connectivity index (χ0n) is 17.7. The van der Waals surface area contributed by atoms with E-state index in [0.29, 0.717) is 43.1 Å². The number of carbonyl (C=O) groups is 1. The lowest BCUT2D eigenvalue weighted by Gasteiger charge is -2.54. The van der Waals surface area contributed by atoms with E-state index in [-0.39, 0.29) is 22.9 Å². The Balaban J connectivity index is 1.33. The molecule has 3 atom stereocenters. The second kappa shape index (κ2) is 7.30. The number of fused-ring (bicyclic) bond motifs is 3. The Morgan fingerprint density at radius 2 is 2.13 bits per heavy atom. The molecule has 2 saturated heterocycles. The van der Waals surface area contributed by atoms with Crippen LogP contribution in [-0.2, 0) is 9.84 Å². The van der Waals surface area contributed by atoms with Gasteiger partial charge < -0.3 is 15.2 Å². The van der Waals surface area contributed by atoms with Crippen LogP contribution >= 0.6 is 0 Å². The van der Waals surface area contributed by atoms with Crippen molar-refractivity contribution in [3.8, 4) is 0 Å². The Morgan fingerprint density at radius 1 is 1.32 bits per heavy atom. The van der Waals surface area contributed by atoms with Crippen LogP contribution in [0.1, 0.15) is 60.7 Å². The molecule has 0 radical (unpaired) electrons. The maximum atomic E-state index is 13.7. The van der Waals surface area contributed by atoms with Crippen molar-refractivity contribution < 1.29 is 17.7 Å². The minimum Gasteiger partial charge on any atom is -0.372 e. The molecule has 0 spiro atoms. The Kier molecular flexibility index (Phi) is 4.82. The fourth-order valence-corrected chi connectivity index (χ4v) is 7.42. The molecular formula is C21H27N5O4S. The monoisotopic (exact) mass is 445 g/mol. The van der Waals surface area contributed by atoms with Crippen molar-refractivity contribution in [3.05, 3.63) is 35.9 Å². The van der Waals surface area contributed by atoms with Crippen LogP contribution in [0, 0.1) is 0 Å². The van der Waals surface area contributed by atoms with Gasteiger partial charge in [-0.15, -0.1) is 0 Å². The Labute approximate surface area is 181 Å². The van der Waals surface area contributed by atoms with Crippen LogP contribution in [-0.4, -0.2) is 60.4 Å². The van der Waals surface area contributed by atoms with E-state index in [2.05, 4.69) is 20.8 Å². The number of rotatable bonds is 6. The third-order valence-corrected chi connectivity index (χ3v) is 9.63. The average molecular weight is 446 g/mol. The fraction of sp³-hybridized carbons (Fsp3) is 0.571. The lowest BCUT2D eigenvalue weighted by molar-refractivity contribution is 0.0129. The number of anilines is 1. The molecule has 2 aromatic heterocycles. The first-order valence-corrected chi connectivity index (χ1v) is 12.2. The summed E-state index contributed by atoms with van der Waals surface area (Å²) in [7, 11) is -0.117. The normalized spacial score (nSPS) is 28.5. The van der Waals surface area contributed by atoms with Gasteiger partial charge in [0.1, 0.15) is 21.3 Å². The highest BCUT2D eigenvalue weighted by Crippen LogP contribution is 2.51. The SMILES string of the molecule is CNc1ncccc1S(=O)(=O)C12CCC(NC(=O)c3cc(C4CC4)on3)CC(C1)N2C. The van der Waals surface area contributed by atoms with Gasteiger partial charge in [-0.05, 0) is 57.7 Å². The molecule has 2 saturated carbocycles. The summed E-state index contributed by atoms with van der Waals surface area (Å²) >= 11 is 0. The molecule has 2 aliphatic heterocycles. The van der Waals surface area contributed by atoms with E-state index in [1.807, 2.05) is 11.9 Å². The van der Waals surface area contributed by atoms with Crippen molar-refractivity contribution in [2.45, 2.75) is 66.3 Å². The van der Waals surface area contributed by atoms with Crippen molar-refractivity contribution in [2.24, 2.45) is 0 Å². The lowest BCUT2D eigenvalue weighted by Crippen LogP contribution is -2.66. The molecule has 2 N–H and O–H groups in total. The highest BCUT2D eigenvalue weighted by atomic mass is 32.2. The van der Waals surface area contributed by atoms with E-state index in [0.717, 1.165) is 18.6 Å². The Morgan fingerprint density at radius 3 is 2.84 bits per heavy atom. The van der Waals surface area contributed by atoms with Crippen LogP contribution in [0.5, 0.6) is 0 Å². The molecule has 10 heteroatoms. The molecule has 2 aliphatic carbocycles. The maximum absolute atomic E-state index is 13.7. The number of pyridine rings is 1. The van der Waals surface area contributed by atoms with Gasteiger partial charge in [0, 0.05) is 37.3 Å². The highest BCUT2D eigenvalue weighted by molar-refractivity contribution is 7.93. The summed E-state index contributed by atoms with van der Waals surface area (Å²) < 4.78 is 32.7. The molecule has 4 heterocycles. The minimum atomic E-state index is -3.65. The molecule has 4 aliphatic rings. The van der Waals surface area contributed by atoms with Crippen molar-refractivity contribution in [1.82, 2.24) is 20.4 Å². The number of nitrogens with zero attached hydrogens (tertiary/aromatic N) is 3. The van der Waals surface area contributed by atoms with Gasteiger partial charge in [-0.25, -0.2) is 13.4 Å². The molecule has 166 valence electrons. The number of sulfone groups is 1. The number of aromatic nitrogens is 2. The van der Waals surface area contributed by atoms with Gasteiger partial charge in [0.15, 0.2) is 5.69 Å². The molecule has 4 fully saturated rings. The Hall–Kier alpha value is -2.46. The summed E-state index contributed by atoms with van der Waals surface area (Å²) in [6.45, 7) is 0. The van der Waals surface area contributed by atoms with E-state index >= 15 is 0 Å². The Bertz CT molecular complexity index is 1110. The summed E-state index contributed by atoms with van der Waals surface area (Å²) in [4.78, 5) is 18.1. The molecule has 2 bridgehead atoms. The topological polar surface area (TPSA) is 117 Å². The second-order valence-electron chi connectivity index (χ2n) is 8.85. The van der Waals surface area contributed by atoms with Crippen LogP contribution in [0.3, 0.4) is 0 Å². The summed E-state index contributed by atoms with van der Waals surface area (Å²) in [5.74, 6) is 1.27. The predicted molar refractivity (Wildman–Crippen MR) is 113 cm³/mol. The zero-order valence-corrected chi connectivity index (χ0v) is 18.5. The summed E-state index contributed by atoms with van der Waals surface area (Å²) in [5, 5.41) is 9.86. The lowest BCUT2D eigenvalue weighted by atomic mass is 9.91. The zero-order chi connectivity index (χ0) is 21.8. The van der Waals surface area contributed by atoms with Crippen LogP contribution < -0.4 is 10.6 Å². The number of hydrogen-bond acceptors (Lipinski definition) is 8. The standard InChI is InChI=1S/C21H27N5O4S/c1-22-19-18(4-3-9-23-19)31(28,29)21-8-7-14(10-15(12-21)26(21)2)24-20(27)16-11-17(30-25-16)13-5-6-13/h3-4,9,11,13-15H,5-8,10,12H2,1-2H3,(H,22,23)(H,24,27). The van der Waals surface area contributed by atoms with E-state index in [1.165, 1.54) is 0 Å². The third kappa shape index (κ3) is 3.23. The predicted octanol–water partition coefficient (Wildman–Crippen LogP) is 2.15. The van der Waals surface area contributed by atoms with Crippen LogP contribution in [0.25, 0.3) is 0 Å². The molecule has 9 nitrogen and oxygen atoms in total. The van der Waals surface area contributed by atoms with Crippen molar-refractivity contribution in [2.75, 3.05) is 19.4 Å². The molecular weight excluding hydrogens is 418 g/mol. The number of hydrogen-bond donors (Lipinski definition) is 2. The maximum Gasteiger partial charge on any atom is 0.273 e.